The number of nitrogens with two attached hydrogens (primary N) is 1. The van der Waals surface area contributed by atoms with Crippen LogP contribution in [0.4, 0.5) is 4.39 Å². The minimum atomic E-state index is -0.916. The molecule has 0 radical (unpaired) electrons. The van der Waals surface area contributed by atoms with Crippen LogP contribution in [0.5, 0.6) is 0 Å². The smallest absolute Gasteiger partial charge is 0.126 e. The van der Waals surface area contributed by atoms with Gasteiger partial charge in [0.1, 0.15) is 6.17 Å². The lowest BCUT2D eigenvalue weighted by atomic mass is 10.1. The molecule has 0 heterocycles. The van der Waals surface area contributed by atoms with Crippen molar-refractivity contribution < 1.29 is 4.39 Å². The van der Waals surface area contributed by atoms with Gasteiger partial charge in [0.2, 0.25) is 0 Å². The summed E-state index contributed by atoms with van der Waals surface area (Å²) in [5.74, 6) is 0. The number of rotatable bonds is 4. The van der Waals surface area contributed by atoms with Crippen molar-refractivity contribution in [3.8, 4) is 0 Å². The normalized spacial score (nSPS) is 12.8. The number of halogens is 1. The summed E-state index contributed by atoms with van der Waals surface area (Å²) in [6.07, 6.45) is 1.49. The highest BCUT2D eigenvalue weighted by Gasteiger charge is 2.07. The average Bonchev–Trinajstić information content (AvgIpc) is 2.18. The predicted octanol–water partition coefficient (Wildman–Crippen LogP) is 2.77. The van der Waals surface area contributed by atoms with Crippen molar-refractivity contribution in [3.05, 3.63) is 29.8 Å². The van der Waals surface area contributed by atoms with Gasteiger partial charge in [-0.05, 0) is 36.9 Å². The number of hydrogen-bond acceptors (Lipinski definition) is 2. The minimum Gasteiger partial charge on any atom is -0.330 e. The molecule has 1 aromatic rings. The fourth-order valence-electron chi connectivity index (χ4n) is 1.13. The van der Waals surface area contributed by atoms with E-state index in [2.05, 4.69) is 0 Å². The van der Waals surface area contributed by atoms with Crippen LogP contribution in [0, 0.1) is 0 Å². The maximum absolute atomic E-state index is 13.3. The molecule has 1 rings (SSSR count). The second kappa shape index (κ2) is 5.25. The molecule has 0 saturated heterocycles. The molecule has 1 aromatic carbocycles. The lowest BCUT2D eigenvalue weighted by molar-refractivity contribution is 0.327. The first-order valence-electron chi connectivity index (χ1n) is 4.26. The standard InChI is InChI=1S/C10H14FNS/c1-13-9-4-2-8(3-5-9)10(11)6-7-12/h2-5,10H,6-7,12H2,1H3. The highest BCUT2D eigenvalue weighted by atomic mass is 32.2. The molecular weight excluding hydrogens is 185 g/mol. The Bertz CT molecular complexity index is 248. The fraction of sp³-hybridized carbons (Fsp3) is 0.400. The molecule has 2 N–H and O–H groups in total. The highest BCUT2D eigenvalue weighted by Crippen LogP contribution is 2.23. The average molecular weight is 199 g/mol. The molecule has 0 spiro atoms. The summed E-state index contributed by atoms with van der Waals surface area (Å²) in [5, 5.41) is 0. The monoisotopic (exact) mass is 199 g/mol. The zero-order chi connectivity index (χ0) is 9.68. The molecule has 1 nitrogen and oxygen atoms in total. The predicted molar refractivity (Wildman–Crippen MR) is 55.7 cm³/mol. The Hall–Kier alpha value is -0.540. The summed E-state index contributed by atoms with van der Waals surface area (Å²) >= 11 is 1.66. The topological polar surface area (TPSA) is 26.0 Å². The second-order valence-electron chi connectivity index (χ2n) is 2.82. The molecule has 3 heteroatoms. The summed E-state index contributed by atoms with van der Waals surface area (Å²) in [4.78, 5) is 1.16. The lowest BCUT2D eigenvalue weighted by Crippen LogP contribution is -2.03. The zero-order valence-corrected chi connectivity index (χ0v) is 8.48. The molecule has 1 unspecified atom stereocenters. The van der Waals surface area contributed by atoms with Crippen LogP contribution in [0.1, 0.15) is 18.2 Å². The first-order chi connectivity index (χ1) is 6.27. The van der Waals surface area contributed by atoms with Crippen molar-refractivity contribution >= 4 is 11.8 Å². The minimum absolute atomic E-state index is 0.394. The highest BCUT2D eigenvalue weighted by molar-refractivity contribution is 7.98. The molecule has 0 aliphatic rings. The van der Waals surface area contributed by atoms with Gasteiger partial charge in [0, 0.05) is 4.90 Å². The Kier molecular flexibility index (Phi) is 4.25. The summed E-state index contributed by atoms with van der Waals surface area (Å²) < 4.78 is 13.3. The van der Waals surface area contributed by atoms with E-state index < -0.39 is 6.17 Å². The molecule has 0 bridgehead atoms. The third-order valence-corrected chi connectivity index (χ3v) is 2.64. The SMILES string of the molecule is CSc1ccc(C(F)CCN)cc1. The van der Waals surface area contributed by atoms with Gasteiger partial charge >= 0.3 is 0 Å². The van der Waals surface area contributed by atoms with E-state index in [1.165, 1.54) is 0 Å². The molecule has 72 valence electrons. The van der Waals surface area contributed by atoms with Gasteiger partial charge in [-0.2, -0.15) is 0 Å². The van der Waals surface area contributed by atoms with Crippen LogP contribution in [-0.4, -0.2) is 12.8 Å². The number of thioether (sulfide) groups is 1. The Morgan fingerprint density at radius 3 is 2.46 bits per heavy atom. The molecule has 0 aromatic heterocycles. The third-order valence-electron chi connectivity index (χ3n) is 1.90. The van der Waals surface area contributed by atoms with Crippen molar-refractivity contribution in [2.45, 2.75) is 17.5 Å². The lowest BCUT2D eigenvalue weighted by Gasteiger charge is -2.06. The molecular formula is C10H14FNS. The van der Waals surface area contributed by atoms with E-state index in [1.807, 2.05) is 30.5 Å². The van der Waals surface area contributed by atoms with Crippen molar-refractivity contribution in [3.63, 3.8) is 0 Å². The second-order valence-corrected chi connectivity index (χ2v) is 3.70. The van der Waals surface area contributed by atoms with Crippen LogP contribution in [0.25, 0.3) is 0 Å². The van der Waals surface area contributed by atoms with Gasteiger partial charge in [0.25, 0.3) is 0 Å². The first-order valence-corrected chi connectivity index (χ1v) is 5.48. The van der Waals surface area contributed by atoms with Gasteiger partial charge in [-0.15, -0.1) is 11.8 Å². The summed E-state index contributed by atoms with van der Waals surface area (Å²) in [7, 11) is 0. The summed E-state index contributed by atoms with van der Waals surface area (Å²) in [6.45, 7) is 0.394. The fourth-order valence-corrected chi connectivity index (χ4v) is 1.53. The molecule has 0 amide bonds. The van der Waals surface area contributed by atoms with E-state index in [0.29, 0.717) is 13.0 Å². The van der Waals surface area contributed by atoms with Crippen LogP contribution < -0.4 is 5.73 Å². The van der Waals surface area contributed by atoms with Crippen LogP contribution in [0.3, 0.4) is 0 Å². The van der Waals surface area contributed by atoms with Crippen LogP contribution in [-0.2, 0) is 0 Å². The molecule has 0 saturated carbocycles. The van der Waals surface area contributed by atoms with Crippen LogP contribution >= 0.6 is 11.8 Å². The van der Waals surface area contributed by atoms with E-state index in [-0.39, 0.29) is 0 Å². The maximum atomic E-state index is 13.3. The Morgan fingerprint density at radius 1 is 1.38 bits per heavy atom. The van der Waals surface area contributed by atoms with E-state index in [4.69, 9.17) is 5.73 Å². The van der Waals surface area contributed by atoms with E-state index >= 15 is 0 Å². The maximum Gasteiger partial charge on any atom is 0.126 e. The van der Waals surface area contributed by atoms with Gasteiger partial charge < -0.3 is 5.73 Å². The van der Waals surface area contributed by atoms with E-state index in [9.17, 15) is 4.39 Å². The van der Waals surface area contributed by atoms with Gasteiger partial charge in [-0.3, -0.25) is 0 Å². The summed E-state index contributed by atoms with van der Waals surface area (Å²) in [6, 6.07) is 7.52. The number of benzene rings is 1. The van der Waals surface area contributed by atoms with Crippen molar-refractivity contribution in [1.29, 1.82) is 0 Å². The number of hydrogen-bond donors (Lipinski definition) is 1. The molecule has 0 aliphatic carbocycles. The Labute approximate surface area is 82.5 Å². The molecule has 0 fully saturated rings. The number of alkyl halides is 1. The Morgan fingerprint density at radius 2 is 2.00 bits per heavy atom. The first kappa shape index (κ1) is 10.5. The van der Waals surface area contributed by atoms with E-state index in [1.54, 1.807) is 11.8 Å². The van der Waals surface area contributed by atoms with Gasteiger partial charge in [-0.1, -0.05) is 12.1 Å². The van der Waals surface area contributed by atoms with Crippen molar-refractivity contribution in [2.24, 2.45) is 5.73 Å². The van der Waals surface area contributed by atoms with E-state index in [0.717, 1.165) is 10.5 Å². The largest absolute Gasteiger partial charge is 0.330 e. The molecule has 0 aliphatic heterocycles. The molecule has 1 atom stereocenters. The van der Waals surface area contributed by atoms with Crippen molar-refractivity contribution in [1.82, 2.24) is 0 Å². The van der Waals surface area contributed by atoms with Gasteiger partial charge in [0.15, 0.2) is 0 Å². The van der Waals surface area contributed by atoms with Crippen molar-refractivity contribution in [2.75, 3.05) is 12.8 Å². The third kappa shape index (κ3) is 3.01. The molecule has 13 heavy (non-hydrogen) atoms. The van der Waals surface area contributed by atoms with Crippen LogP contribution in [0.2, 0.25) is 0 Å². The van der Waals surface area contributed by atoms with Crippen LogP contribution in [0.15, 0.2) is 29.2 Å². The zero-order valence-electron chi connectivity index (χ0n) is 7.66. The summed E-state index contributed by atoms with van der Waals surface area (Å²) in [5.41, 5.74) is 6.00. The Balaban J connectivity index is 2.67. The quantitative estimate of drug-likeness (QED) is 0.755. The van der Waals surface area contributed by atoms with Gasteiger partial charge in [-0.25, -0.2) is 4.39 Å². The van der Waals surface area contributed by atoms with Gasteiger partial charge in [0.05, 0.1) is 0 Å².